The van der Waals surface area contributed by atoms with Crippen LogP contribution in [0.1, 0.15) is 47.5 Å². The number of hydrogen-bond acceptors (Lipinski definition) is 3. The zero-order valence-electron chi connectivity index (χ0n) is 10.9. The van der Waals surface area contributed by atoms with E-state index in [-0.39, 0.29) is 17.7 Å². The van der Waals surface area contributed by atoms with E-state index in [2.05, 4.69) is 0 Å². The number of hydrogen-bond donors (Lipinski definition) is 0. The fourth-order valence-corrected chi connectivity index (χ4v) is 1.58. The smallest absolute Gasteiger partial charge is 0.334 e. The Labute approximate surface area is 97.9 Å². The molecule has 0 aliphatic carbocycles. The van der Waals surface area contributed by atoms with Crippen LogP contribution in [0.25, 0.3) is 0 Å². The second-order valence-corrected chi connectivity index (χ2v) is 4.51. The van der Waals surface area contributed by atoms with Crippen LogP contribution in [-0.2, 0) is 14.3 Å². The van der Waals surface area contributed by atoms with Crippen LogP contribution in [0, 0.1) is 5.92 Å². The van der Waals surface area contributed by atoms with Crippen LogP contribution in [0.4, 0.5) is 0 Å². The lowest BCUT2D eigenvalue weighted by Gasteiger charge is -2.12. The Hall–Kier alpha value is -1.12. The highest BCUT2D eigenvalue weighted by Crippen LogP contribution is 2.16. The second kappa shape index (κ2) is 7.20. The summed E-state index contributed by atoms with van der Waals surface area (Å²) in [4.78, 5) is 22.4. The Morgan fingerprint density at radius 2 is 1.69 bits per heavy atom. The van der Waals surface area contributed by atoms with Crippen molar-refractivity contribution in [3.05, 3.63) is 11.1 Å². The molecule has 3 heteroatoms. The highest BCUT2D eigenvalue weighted by atomic mass is 16.5. The van der Waals surface area contributed by atoms with Crippen molar-refractivity contribution in [2.24, 2.45) is 5.92 Å². The number of ether oxygens (including phenoxy) is 1. The number of esters is 1. The van der Waals surface area contributed by atoms with Gasteiger partial charge >= 0.3 is 5.97 Å². The van der Waals surface area contributed by atoms with Crippen LogP contribution in [0.15, 0.2) is 11.1 Å². The van der Waals surface area contributed by atoms with Crippen molar-refractivity contribution in [2.75, 3.05) is 6.61 Å². The summed E-state index contributed by atoms with van der Waals surface area (Å²) in [7, 11) is 0. The molecule has 92 valence electrons. The van der Waals surface area contributed by atoms with Crippen LogP contribution >= 0.6 is 0 Å². The van der Waals surface area contributed by atoms with Gasteiger partial charge in [-0.25, -0.2) is 4.79 Å². The van der Waals surface area contributed by atoms with E-state index in [0.29, 0.717) is 19.4 Å². The quantitative estimate of drug-likeness (QED) is 0.397. The molecule has 0 bridgehead atoms. The molecule has 0 spiro atoms. The van der Waals surface area contributed by atoms with Gasteiger partial charge in [0.15, 0.2) is 0 Å². The van der Waals surface area contributed by atoms with Crippen molar-refractivity contribution in [3.8, 4) is 0 Å². The Morgan fingerprint density at radius 1 is 1.12 bits per heavy atom. The third kappa shape index (κ3) is 5.69. The molecule has 0 saturated heterocycles. The predicted molar refractivity (Wildman–Crippen MR) is 64.1 cm³/mol. The number of rotatable bonds is 6. The molecule has 0 aliphatic heterocycles. The molecule has 0 aromatic rings. The average molecular weight is 226 g/mol. The zero-order chi connectivity index (χ0) is 12.7. The monoisotopic (exact) mass is 226 g/mol. The lowest BCUT2D eigenvalue weighted by Crippen LogP contribution is -2.14. The van der Waals surface area contributed by atoms with E-state index >= 15 is 0 Å². The van der Waals surface area contributed by atoms with Gasteiger partial charge in [0.05, 0.1) is 6.61 Å². The Morgan fingerprint density at radius 3 is 2.06 bits per heavy atom. The van der Waals surface area contributed by atoms with Gasteiger partial charge in [0, 0.05) is 12.0 Å². The van der Waals surface area contributed by atoms with Gasteiger partial charge in [0.2, 0.25) is 0 Å². The van der Waals surface area contributed by atoms with E-state index < -0.39 is 0 Å². The van der Waals surface area contributed by atoms with E-state index in [1.165, 1.54) is 6.92 Å². The molecule has 0 N–H and O–H groups in total. The van der Waals surface area contributed by atoms with E-state index in [9.17, 15) is 9.59 Å². The molecule has 0 aromatic carbocycles. The molecule has 0 unspecified atom stereocenters. The van der Waals surface area contributed by atoms with E-state index in [1.807, 2.05) is 27.7 Å². The summed E-state index contributed by atoms with van der Waals surface area (Å²) >= 11 is 0. The first-order chi connectivity index (χ1) is 7.36. The van der Waals surface area contributed by atoms with Crippen LogP contribution in [0.5, 0.6) is 0 Å². The minimum Gasteiger partial charge on any atom is -0.462 e. The molecular formula is C13H22O3. The topological polar surface area (TPSA) is 43.4 Å². The number of carbonyl (C=O) groups excluding carboxylic acids is 2. The van der Waals surface area contributed by atoms with E-state index in [0.717, 1.165) is 11.1 Å². The van der Waals surface area contributed by atoms with Crippen molar-refractivity contribution < 1.29 is 14.3 Å². The maximum atomic E-state index is 11.7. The SMILES string of the molecule is CC(=O)CCCOC(=O)C(=C(C)C)C(C)C. The highest BCUT2D eigenvalue weighted by molar-refractivity contribution is 5.89. The molecule has 0 radical (unpaired) electrons. The third-order valence-corrected chi connectivity index (χ3v) is 2.24. The van der Waals surface area contributed by atoms with Gasteiger partial charge in [-0.15, -0.1) is 0 Å². The second-order valence-electron chi connectivity index (χ2n) is 4.51. The Balaban J connectivity index is 4.15. The van der Waals surface area contributed by atoms with Gasteiger partial charge < -0.3 is 9.53 Å². The standard InChI is InChI=1S/C13H22O3/c1-9(2)12(10(3)4)13(15)16-8-6-7-11(5)14/h9H,6-8H2,1-5H3. The van der Waals surface area contributed by atoms with E-state index in [1.54, 1.807) is 0 Å². The van der Waals surface area contributed by atoms with Crippen LogP contribution in [-0.4, -0.2) is 18.4 Å². The molecular weight excluding hydrogens is 204 g/mol. The third-order valence-electron chi connectivity index (χ3n) is 2.24. The first-order valence-corrected chi connectivity index (χ1v) is 5.70. The molecule has 16 heavy (non-hydrogen) atoms. The molecule has 0 aliphatic rings. The number of Topliss-reactive ketones (excluding diaryl/α,β-unsaturated/α-hetero) is 1. The first-order valence-electron chi connectivity index (χ1n) is 5.70. The number of allylic oxidation sites excluding steroid dienone is 1. The fraction of sp³-hybridized carbons (Fsp3) is 0.692. The minimum atomic E-state index is -0.251. The molecule has 0 atom stereocenters. The number of ketones is 1. The first kappa shape index (κ1) is 14.9. The molecule has 0 fully saturated rings. The minimum absolute atomic E-state index is 0.127. The summed E-state index contributed by atoms with van der Waals surface area (Å²) < 4.78 is 5.13. The van der Waals surface area contributed by atoms with Gasteiger partial charge in [0.25, 0.3) is 0 Å². The molecule has 0 aromatic heterocycles. The lowest BCUT2D eigenvalue weighted by molar-refractivity contribution is -0.140. The van der Waals surface area contributed by atoms with Crippen LogP contribution < -0.4 is 0 Å². The summed E-state index contributed by atoms with van der Waals surface area (Å²) in [6, 6.07) is 0. The van der Waals surface area contributed by atoms with Gasteiger partial charge in [-0.1, -0.05) is 19.4 Å². The molecule has 0 saturated carbocycles. The Bertz CT molecular complexity index is 284. The van der Waals surface area contributed by atoms with Gasteiger partial charge in [0.1, 0.15) is 5.78 Å². The van der Waals surface area contributed by atoms with Crippen molar-refractivity contribution in [1.29, 1.82) is 0 Å². The maximum absolute atomic E-state index is 11.7. The maximum Gasteiger partial charge on any atom is 0.334 e. The van der Waals surface area contributed by atoms with Crippen molar-refractivity contribution in [3.63, 3.8) is 0 Å². The fourth-order valence-electron chi connectivity index (χ4n) is 1.58. The Kier molecular flexibility index (Phi) is 6.70. The van der Waals surface area contributed by atoms with Gasteiger partial charge in [-0.05, 0) is 33.1 Å². The van der Waals surface area contributed by atoms with Crippen molar-refractivity contribution in [2.45, 2.75) is 47.5 Å². The lowest BCUT2D eigenvalue weighted by atomic mass is 9.99. The average Bonchev–Trinajstić information content (AvgIpc) is 2.10. The summed E-state index contributed by atoms with van der Waals surface area (Å²) in [6.07, 6.45) is 1.08. The summed E-state index contributed by atoms with van der Waals surface area (Å²) in [5.41, 5.74) is 1.73. The van der Waals surface area contributed by atoms with Crippen molar-refractivity contribution in [1.82, 2.24) is 0 Å². The predicted octanol–water partition coefficient (Wildman–Crippen LogP) is 2.89. The van der Waals surface area contributed by atoms with Crippen molar-refractivity contribution >= 4 is 11.8 Å². The molecule has 0 heterocycles. The summed E-state index contributed by atoms with van der Waals surface area (Å²) in [5, 5.41) is 0. The largest absolute Gasteiger partial charge is 0.462 e. The van der Waals surface area contributed by atoms with Crippen LogP contribution in [0.3, 0.4) is 0 Å². The highest BCUT2D eigenvalue weighted by Gasteiger charge is 2.16. The molecule has 0 amide bonds. The normalized spacial score (nSPS) is 10.1. The molecule has 0 rings (SSSR count). The summed E-state index contributed by atoms with van der Waals surface area (Å²) in [6.45, 7) is 9.62. The zero-order valence-corrected chi connectivity index (χ0v) is 10.9. The molecule has 3 nitrogen and oxygen atoms in total. The summed E-state index contributed by atoms with van der Waals surface area (Å²) in [5.74, 6) is 0.0474. The number of carbonyl (C=O) groups is 2. The van der Waals surface area contributed by atoms with E-state index in [4.69, 9.17) is 4.74 Å². The van der Waals surface area contributed by atoms with Gasteiger partial charge in [-0.2, -0.15) is 0 Å². The van der Waals surface area contributed by atoms with Crippen LogP contribution in [0.2, 0.25) is 0 Å². The van der Waals surface area contributed by atoms with Gasteiger partial charge in [-0.3, -0.25) is 0 Å².